The van der Waals surface area contributed by atoms with Gasteiger partial charge in [0, 0.05) is 19.7 Å². The van der Waals surface area contributed by atoms with Gasteiger partial charge in [-0.3, -0.25) is 9.48 Å². The minimum atomic E-state index is -0.293. The second kappa shape index (κ2) is 4.49. The van der Waals surface area contributed by atoms with Crippen molar-refractivity contribution in [3.8, 4) is 0 Å². The van der Waals surface area contributed by atoms with Crippen LogP contribution >= 0.6 is 0 Å². The standard InChI is InChI=1S/C13H13FN2O/c1-9-12(8-16(2)15-9)13(17)7-10-3-5-11(14)6-4-10/h3-6,8H,7H2,1-2H3. The van der Waals surface area contributed by atoms with Crippen LogP contribution in [0.4, 0.5) is 4.39 Å². The number of aromatic nitrogens is 2. The molecule has 0 N–H and O–H groups in total. The molecule has 0 saturated heterocycles. The van der Waals surface area contributed by atoms with E-state index >= 15 is 0 Å². The second-order valence-electron chi connectivity index (χ2n) is 4.03. The smallest absolute Gasteiger partial charge is 0.170 e. The van der Waals surface area contributed by atoms with Crippen molar-refractivity contribution in [2.75, 3.05) is 0 Å². The lowest BCUT2D eigenvalue weighted by atomic mass is 10.0. The number of hydrogen-bond acceptors (Lipinski definition) is 2. The molecular formula is C13H13FN2O. The van der Waals surface area contributed by atoms with E-state index in [1.807, 2.05) is 0 Å². The lowest BCUT2D eigenvalue weighted by Crippen LogP contribution is -2.04. The zero-order valence-corrected chi connectivity index (χ0v) is 9.77. The maximum atomic E-state index is 12.7. The van der Waals surface area contributed by atoms with Crippen molar-refractivity contribution in [2.45, 2.75) is 13.3 Å². The molecule has 1 aromatic heterocycles. The maximum absolute atomic E-state index is 12.7. The summed E-state index contributed by atoms with van der Waals surface area (Å²) < 4.78 is 14.3. The highest BCUT2D eigenvalue weighted by atomic mass is 19.1. The SMILES string of the molecule is Cc1nn(C)cc1C(=O)Cc1ccc(F)cc1. The molecule has 1 aromatic carbocycles. The largest absolute Gasteiger partial charge is 0.294 e. The summed E-state index contributed by atoms with van der Waals surface area (Å²) in [4.78, 5) is 12.0. The number of ketones is 1. The zero-order valence-electron chi connectivity index (χ0n) is 9.77. The lowest BCUT2D eigenvalue weighted by molar-refractivity contribution is 0.0992. The fourth-order valence-electron chi connectivity index (χ4n) is 1.76. The fourth-order valence-corrected chi connectivity index (χ4v) is 1.76. The van der Waals surface area contributed by atoms with Gasteiger partial charge in [0.05, 0.1) is 11.3 Å². The zero-order chi connectivity index (χ0) is 12.4. The monoisotopic (exact) mass is 232 g/mol. The number of halogens is 1. The van der Waals surface area contributed by atoms with Crippen molar-refractivity contribution in [2.24, 2.45) is 7.05 Å². The number of carbonyl (C=O) groups is 1. The van der Waals surface area contributed by atoms with Gasteiger partial charge in [-0.25, -0.2) is 4.39 Å². The average molecular weight is 232 g/mol. The highest BCUT2D eigenvalue weighted by molar-refractivity contribution is 5.98. The number of benzene rings is 1. The first-order valence-electron chi connectivity index (χ1n) is 5.34. The predicted molar refractivity (Wildman–Crippen MR) is 62.4 cm³/mol. The molecular weight excluding hydrogens is 219 g/mol. The van der Waals surface area contributed by atoms with Crippen LogP contribution < -0.4 is 0 Å². The summed E-state index contributed by atoms with van der Waals surface area (Å²) in [5.74, 6) is -0.291. The number of aryl methyl sites for hydroxylation is 2. The summed E-state index contributed by atoms with van der Waals surface area (Å²) in [6, 6.07) is 5.97. The van der Waals surface area contributed by atoms with Gasteiger partial charge < -0.3 is 0 Å². The Morgan fingerprint density at radius 3 is 2.53 bits per heavy atom. The van der Waals surface area contributed by atoms with Gasteiger partial charge in [0.2, 0.25) is 0 Å². The molecule has 0 aliphatic carbocycles. The molecule has 0 radical (unpaired) electrons. The molecule has 2 aromatic rings. The number of rotatable bonds is 3. The quantitative estimate of drug-likeness (QED) is 0.761. The van der Waals surface area contributed by atoms with Crippen LogP contribution in [0.2, 0.25) is 0 Å². The molecule has 0 bridgehead atoms. The van der Waals surface area contributed by atoms with Crippen molar-refractivity contribution < 1.29 is 9.18 Å². The molecule has 2 rings (SSSR count). The van der Waals surface area contributed by atoms with E-state index < -0.39 is 0 Å². The minimum Gasteiger partial charge on any atom is -0.294 e. The Morgan fingerprint density at radius 2 is 2.00 bits per heavy atom. The molecule has 0 unspecified atom stereocenters. The summed E-state index contributed by atoms with van der Waals surface area (Å²) >= 11 is 0. The van der Waals surface area contributed by atoms with Crippen LogP contribution in [0, 0.1) is 12.7 Å². The van der Waals surface area contributed by atoms with Gasteiger partial charge in [0.15, 0.2) is 5.78 Å². The van der Waals surface area contributed by atoms with Crippen molar-refractivity contribution in [3.05, 3.63) is 53.1 Å². The van der Waals surface area contributed by atoms with Crippen LogP contribution in [0.3, 0.4) is 0 Å². The Morgan fingerprint density at radius 1 is 1.35 bits per heavy atom. The molecule has 0 atom stereocenters. The third kappa shape index (κ3) is 2.58. The Kier molecular flexibility index (Phi) is 3.04. The number of carbonyl (C=O) groups excluding carboxylic acids is 1. The Bertz CT molecular complexity index is 543. The Hall–Kier alpha value is -1.97. The highest BCUT2D eigenvalue weighted by Gasteiger charge is 2.12. The van der Waals surface area contributed by atoms with Crippen LogP contribution in [-0.2, 0) is 13.5 Å². The van der Waals surface area contributed by atoms with Crippen molar-refractivity contribution in [1.29, 1.82) is 0 Å². The van der Waals surface area contributed by atoms with E-state index in [9.17, 15) is 9.18 Å². The topological polar surface area (TPSA) is 34.9 Å². The van der Waals surface area contributed by atoms with Crippen LogP contribution in [0.5, 0.6) is 0 Å². The van der Waals surface area contributed by atoms with Crippen molar-refractivity contribution in [3.63, 3.8) is 0 Å². The molecule has 4 heteroatoms. The van der Waals surface area contributed by atoms with Gasteiger partial charge in [-0.15, -0.1) is 0 Å². The summed E-state index contributed by atoms with van der Waals surface area (Å²) in [6.07, 6.45) is 1.98. The predicted octanol–water partition coefficient (Wildman–Crippen LogP) is 2.29. The number of nitrogens with zero attached hydrogens (tertiary/aromatic N) is 2. The summed E-state index contributed by atoms with van der Waals surface area (Å²) in [6.45, 7) is 1.80. The van der Waals surface area contributed by atoms with Crippen molar-refractivity contribution in [1.82, 2.24) is 9.78 Å². The van der Waals surface area contributed by atoms with E-state index in [0.29, 0.717) is 5.56 Å². The maximum Gasteiger partial charge on any atom is 0.170 e. The summed E-state index contributed by atoms with van der Waals surface area (Å²) in [5.41, 5.74) is 2.15. The van der Waals surface area contributed by atoms with Crippen LogP contribution in [0.1, 0.15) is 21.6 Å². The van der Waals surface area contributed by atoms with Crippen LogP contribution in [-0.4, -0.2) is 15.6 Å². The lowest BCUT2D eigenvalue weighted by Gasteiger charge is -1.99. The van der Waals surface area contributed by atoms with Crippen molar-refractivity contribution >= 4 is 5.78 Å². The summed E-state index contributed by atoms with van der Waals surface area (Å²) in [5, 5.41) is 4.12. The molecule has 0 amide bonds. The number of Topliss-reactive ketones (excluding diaryl/α,β-unsaturated/α-hetero) is 1. The normalized spacial score (nSPS) is 10.5. The van der Waals surface area contributed by atoms with E-state index in [2.05, 4.69) is 5.10 Å². The highest BCUT2D eigenvalue weighted by Crippen LogP contribution is 2.11. The van der Waals surface area contributed by atoms with E-state index in [1.54, 1.807) is 37.0 Å². The summed E-state index contributed by atoms with van der Waals surface area (Å²) in [7, 11) is 1.78. The van der Waals surface area contributed by atoms with Gasteiger partial charge in [0.25, 0.3) is 0 Å². The van der Waals surface area contributed by atoms with Gasteiger partial charge in [-0.05, 0) is 24.6 Å². The molecule has 0 fully saturated rings. The first kappa shape index (κ1) is 11.5. The van der Waals surface area contributed by atoms with Gasteiger partial charge in [0.1, 0.15) is 5.82 Å². The molecule has 0 saturated carbocycles. The molecule has 88 valence electrons. The second-order valence-corrected chi connectivity index (χ2v) is 4.03. The molecule has 17 heavy (non-hydrogen) atoms. The van der Waals surface area contributed by atoms with Crippen LogP contribution in [0.15, 0.2) is 30.5 Å². The van der Waals surface area contributed by atoms with E-state index in [-0.39, 0.29) is 18.0 Å². The Labute approximate surface area is 98.9 Å². The molecule has 0 aliphatic heterocycles. The van der Waals surface area contributed by atoms with Crippen LogP contribution in [0.25, 0.3) is 0 Å². The first-order chi connectivity index (χ1) is 8.06. The van der Waals surface area contributed by atoms with E-state index in [0.717, 1.165) is 11.3 Å². The third-order valence-electron chi connectivity index (χ3n) is 2.59. The fraction of sp³-hybridized carbons (Fsp3) is 0.231. The van der Waals surface area contributed by atoms with Gasteiger partial charge in [-0.1, -0.05) is 12.1 Å². The number of hydrogen-bond donors (Lipinski definition) is 0. The third-order valence-corrected chi connectivity index (χ3v) is 2.59. The van der Waals surface area contributed by atoms with E-state index in [1.165, 1.54) is 12.1 Å². The molecule has 3 nitrogen and oxygen atoms in total. The molecule has 0 aliphatic rings. The van der Waals surface area contributed by atoms with Gasteiger partial charge in [-0.2, -0.15) is 5.10 Å². The van der Waals surface area contributed by atoms with Gasteiger partial charge >= 0.3 is 0 Å². The minimum absolute atomic E-state index is 0.00204. The van der Waals surface area contributed by atoms with E-state index in [4.69, 9.17) is 0 Å². The Balaban J connectivity index is 2.17. The molecule has 1 heterocycles. The molecule has 0 spiro atoms. The first-order valence-corrected chi connectivity index (χ1v) is 5.34. The average Bonchev–Trinajstić information content (AvgIpc) is 2.61.